The number of guanidine groups is 1. The molecular weight excluding hydrogens is 602 g/mol. The number of aryl methyl sites for hydroxylation is 1. The number of amides is 3. The number of thiazole rings is 1. The van der Waals surface area contributed by atoms with Crippen LogP contribution in [0.1, 0.15) is 46.6 Å². The second-order valence-electron chi connectivity index (χ2n) is 12.0. The molecule has 0 spiro atoms. The van der Waals surface area contributed by atoms with Crippen molar-refractivity contribution in [2.75, 3.05) is 32.7 Å². The molecule has 2 fully saturated rings. The van der Waals surface area contributed by atoms with E-state index >= 15 is 0 Å². The first-order valence-corrected chi connectivity index (χ1v) is 16.6. The van der Waals surface area contributed by atoms with Gasteiger partial charge in [0.25, 0.3) is 0 Å². The molecule has 2 aliphatic heterocycles. The minimum absolute atomic E-state index is 0.0108. The molecule has 0 bridgehead atoms. The SMILES string of the molecule is N=C(N)N1CCC[C@@H](C[C@H](NC(=O)CN2C(=O)CN(CCCc3ccccc3)C(=O)[C@H]2Cc2ccccc2)C(=O)c2nccs2)C1. The summed E-state index contributed by atoms with van der Waals surface area (Å²) in [5, 5.41) is 12.7. The molecule has 0 saturated carbocycles. The molecule has 3 atom stereocenters. The largest absolute Gasteiger partial charge is 0.370 e. The van der Waals surface area contributed by atoms with Gasteiger partial charge in [-0.2, -0.15) is 0 Å². The molecule has 4 N–H and O–H groups in total. The Balaban J connectivity index is 1.29. The Morgan fingerprint density at radius 2 is 1.78 bits per heavy atom. The van der Waals surface area contributed by atoms with Gasteiger partial charge in [-0.1, -0.05) is 60.7 Å². The molecule has 5 rings (SSSR count). The fraction of sp³-hybridized carbons (Fsp3) is 0.412. The number of piperidine rings is 1. The maximum Gasteiger partial charge on any atom is 0.246 e. The van der Waals surface area contributed by atoms with Crippen LogP contribution in [0.3, 0.4) is 0 Å². The van der Waals surface area contributed by atoms with E-state index in [1.54, 1.807) is 21.4 Å². The number of carbonyl (C=O) groups is 4. The van der Waals surface area contributed by atoms with Crippen LogP contribution in [0.25, 0.3) is 0 Å². The number of Topliss-reactive ketones (excluding diaryl/α,β-unsaturated/α-hetero) is 1. The molecule has 3 amide bonds. The summed E-state index contributed by atoms with van der Waals surface area (Å²) in [5.41, 5.74) is 7.79. The quantitative estimate of drug-likeness (QED) is 0.147. The van der Waals surface area contributed by atoms with E-state index in [-0.39, 0.29) is 49.0 Å². The van der Waals surface area contributed by atoms with Crippen LogP contribution < -0.4 is 11.1 Å². The van der Waals surface area contributed by atoms with Crippen LogP contribution in [-0.2, 0) is 27.2 Å². The average Bonchev–Trinajstić information content (AvgIpc) is 3.61. The van der Waals surface area contributed by atoms with Crippen molar-refractivity contribution in [2.45, 2.75) is 50.6 Å². The number of nitrogens with two attached hydrogens (primary N) is 1. The molecule has 242 valence electrons. The summed E-state index contributed by atoms with van der Waals surface area (Å²) < 4.78 is 0. The van der Waals surface area contributed by atoms with Gasteiger partial charge >= 0.3 is 0 Å². The number of carbonyl (C=O) groups excluding carboxylic acids is 4. The molecule has 11 nitrogen and oxygen atoms in total. The van der Waals surface area contributed by atoms with Gasteiger partial charge in [-0.3, -0.25) is 24.6 Å². The highest BCUT2D eigenvalue weighted by atomic mass is 32.1. The van der Waals surface area contributed by atoms with E-state index in [2.05, 4.69) is 10.3 Å². The van der Waals surface area contributed by atoms with Gasteiger partial charge in [-0.25, -0.2) is 4.98 Å². The van der Waals surface area contributed by atoms with Gasteiger partial charge in [-0.15, -0.1) is 11.3 Å². The third-order valence-electron chi connectivity index (χ3n) is 8.67. The third-order valence-corrected chi connectivity index (χ3v) is 9.45. The van der Waals surface area contributed by atoms with E-state index in [9.17, 15) is 19.2 Å². The predicted octanol–water partition coefficient (Wildman–Crippen LogP) is 2.72. The molecule has 0 unspecified atom stereocenters. The van der Waals surface area contributed by atoms with Crippen molar-refractivity contribution in [3.05, 3.63) is 88.4 Å². The Morgan fingerprint density at radius 1 is 1.07 bits per heavy atom. The zero-order valence-electron chi connectivity index (χ0n) is 25.8. The molecular formula is C34H41N7O4S. The van der Waals surface area contributed by atoms with E-state index in [1.807, 2.05) is 60.7 Å². The highest BCUT2D eigenvalue weighted by Gasteiger charge is 2.40. The molecule has 12 heteroatoms. The van der Waals surface area contributed by atoms with Gasteiger partial charge in [0.05, 0.1) is 12.6 Å². The van der Waals surface area contributed by atoms with Gasteiger partial charge in [0.2, 0.25) is 23.5 Å². The summed E-state index contributed by atoms with van der Waals surface area (Å²) >= 11 is 1.21. The lowest BCUT2D eigenvalue weighted by Gasteiger charge is -2.40. The van der Waals surface area contributed by atoms with Gasteiger partial charge in [0.15, 0.2) is 11.0 Å². The summed E-state index contributed by atoms with van der Waals surface area (Å²) in [7, 11) is 0. The van der Waals surface area contributed by atoms with Crippen molar-refractivity contribution in [1.82, 2.24) is 25.0 Å². The normalized spacial score (nSPS) is 19.2. The number of aromatic nitrogens is 1. The number of piperazine rings is 1. The number of likely N-dealkylation sites (tertiary alicyclic amines) is 1. The van der Waals surface area contributed by atoms with Crippen LogP contribution in [0.2, 0.25) is 0 Å². The van der Waals surface area contributed by atoms with Gasteiger partial charge < -0.3 is 25.8 Å². The first-order chi connectivity index (χ1) is 22.3. The lowest BCUT2D eigenvalue weighted by atomic mass is 9.90. The Bertz CT molecular complexity index is 1500. The van der Waals surface area contributed by atoms with E-state index in [0.29, 0.717) is 37.5 Å². The minimum atomic E-state index is -0.867. The van der Waals surface area contributed by atoms with E-state index < -0.39 is 18.0 Å². The van der Waals surface area contributed by atoms with Gasteiger partial charge in [-0.05, 0) is 49.1 Å². The van der Waals surface area contributed by atoms with Gasteiger partial charge in [0.1, 0.15) is 12.6 Å². The molecule has 2 aliphatic rings. The van der Waals surface area contributed by atoms with Crippen LogP contribution in [-0.4, -0.2) is 94.0 Å². The van der Waals surface area contributed by atoms with Crippen LogP contribution in [0.4, 0.5) is 0 Å². The summed E-state index contributed by atoms with van der Waals surface area (Å²) in [4.78, 5) is 63.5. The summed E-state index contributed by atoms with van der Waals surface area (Å²) in [6.45, 7) is 1.20. The van der Waals surface area contributed by atoms with E-state index in [0.717, 1.165) is 24.8 Å². The highest BCUT2D eigenvalue weighted by molar-refractivity contribution is 7.11. The van der Waals surface area contributed by atoms with Crippen molar-refractivity contribution in [2.24, 2.45) is 11.7 Å². The Morgan fingerprint density at radius 3 is 2.46 bits per heavy atom. The lowest BCUT2D eigenvalue weighted by molar-refractivity contribution is -0.157. The Kier molecular flexibility index (Phi) is 11.1. The topological polar surface area (TPSA) is 153 Å². The molecule has 46 heavy (non-hydrogen) atoms. The number of hydrogen-bond donors (Lipinski definition) is 3. The second-order valence-corrected chi connectivity index (χ2v) is 12.9. The number of benzene rings is 2. The molecule has 0 aliphatic carbocycles. The maximum absolute atomic E-state index is 13.9. The first kappa shape index (κ1) is 32.8. The fourth-order valence-corrected chi connectivity index (χ4v) is 6.95. The molecule has 2 saturated heterocycles. The second kappa shape index (κ2) is 15.6. The smallest absolute Gasteiger partial charge is 0.246 e. The summed E-state index contributed by atoms with van der Waals surface area (Å²) in [6.07, 6.45) is 5.33. The average molecular weight is 644 g/mol. The maximum atomic E-state index is 13.9. The Hall–Kier alpha value is -4.58. The zero-order chi connectivity index (χ0) is 32.5. The van der Waals surface area contributed by atoms with Crippen LogP contribution in [0.15, 0.2) is 72.2 Å². The van der Waals surface area contributed by atoms with E-state index in [4.69, 9.17) is 11.1 Å². The lowest BCUT2D eigenvalue weighted by Crippen LogP contribution is -2.62. The number of rotatable bonds is 13. The number of nitrogens with zero attached hydrogens (tertiary/aromatic N) is 4. The van der Waals surface area contributed by atoms with Crippen molar-refractivity contribution < 1.29 is 19.2 Å². The third kappa shape index (κ3) is 8.57. The van der Waals surface area contributed by atoms with Crippen molar-refractivity contribution >= 4 is 40.8 Å². The molecule has 1 aromatic heterocycles. The van der Waals surface area contributed by atoms with Gasteiger partial charge in [0, 0.05) is 37.6 Å². The molecule has 3 aromatic rings. The monoisotopic (exact) mass is 643 g/mol. The molecule has 2 aromatic carbocycles. The minimum Gasteiger partial charge on any atom is -0.370 e. The van der Waals surface area contributed by atoms with Crippen molar-refractivity contribution in [3.8, 4) is 0 Å². The predicted molar refractivity (Wildman–Crippen MR) is 176 cm³/mol. The number of nitrogens with one attached hydrogen (secondary N) is 2. The standard InChI is InChI=1S/C34H41N7O4S/c35-34(36)40-17-8-14-26(21-40)19-27(31(44)32-37-15-18-46-32)38-29(42)22-41-28(20-25-11-5-2-6-12-25)33(45)39(23-30(41)43)16-7-13-24-9-3-1-4-10-24/h1-6,9-12,15,18,26-28H,7-8,13-14,16-17,19-23H2,(H3,35,36)(H,38,42)/t26-,27-,28+/m0/s1. The van der Waals surface area contributed by atoms with E-state index in [1.165, 1.54) is 21.8 Å². The molecule has 0 radical (unpaired) electrons. The number of ketones is 1. The highest BCUT2D eigenvalue weighted by Crippen LogP contribution is 2.24. The van der Waals surface area contributed by atoms with Crippen LogP contribution >= 0.6 is 11.3 Å². The van der Waals surface area contributed by atoms with Crippen LogP contribution in [0, 0.1) is 11.3 Å². The summed E-state index contributed by atoms with van der Waals surface area (Å²) in [5.74, 6) is -1.28. The Labute approximate surface area is 273 Å². The molecule has 3 heterocycles. The first-order valence-electron chi connectivity index (χ1n) is 15.8. The summed E-state index contributed by atoms with van der Waals surface area (Å²) in [6, 6.07) is 17.8. The fourth-order valence-electron chi connectivity index (χ4n) is 6.32. The van der Waals surface area contributed by atoms with Crippen LogP contribution in [0.5, 0.6) is 0 Å². The van der Waals surface area contributed by atoms with Crippen molar-refractivity contribution in [1.29, 1.82) is 5.41 Å². The van der Waals surface area contributed by atoms with Crippen molar-refractivity contribution in [3.63, 3.8) is 0 Å². The zero-order valence-corrected chi connectivity index (χ0v) is 26.7. The number of hydrogen-bond acceptors (Lipinski definition) is 7.